The average Bonchev–Trinajstić information content (AvgIpc) is 3.12. The minimum Gasteiger partial charge on any atom is -0.462 e. The molecule has 0 bridgehead atoms. The largest absolute Gasteiger partial charge is 0.462 e. The van der Waals surface area contributed by atoms with E-state index in [0.29, 0.717) is 11.1 Å². The van der Waals surface area contributed by atoms with Gasteiger partial charge in [0, 0.05) is 18.6 Å². The summed E-state index contributed by atoms with van der Waals surface area (Å²) < 4.78 is 35.3. The fraction of sp³-hybridized carbons (Fsp3) is 0.182. The van der Waals surface area contributed by atoms with Gasteiger partial charge in [-0.2, -0.15) is 8.78 Å². The highest BCUT2D eigenvalue weighted by Gasteiger charge is 2.40. The zero-order chi connectivity index (χ0) is 21.7. The second-order valence-electron chi connectivity index (χ2n) is 6.68. The maximum atomic E-state index is 12.6. The SMILES string of the molecule is C=C(/C=N\C=C/N)c1cccc(C2(c3ccc(OC(F)F)c(C)c3)COC(N)=N2)c1. The van der Waals surface area contributed by atoms with Gasteiger partial charge in [-0.25, -0.2) is 4.99 Å². The number of alkyl halides is 2. The third kappa shape index (κ3) is 4.32. The molecule has 3 rings (SSSR count). The Morgan fingerprint density at radius 3 is 2.70 bits per heavy atom. The summed E-state index contributed by atoms with van der Waals surface area (Å²) in [6, 6.07) is 12.6. The normalized spacial score (nSPS) is 18.7. The first-order valence-electron chi connectivity index (χ1n) is 9.09. The highest BCUT2D eigenvalue weighted by molar-refractivity contribution is 6.09. The van der Waals surface area contributed by atoms with Crippen molar-refractivity contribution in [2.24, 2.45) is 21.5 Å². The van der Waals surface area contributed by atoms with Crippen LogP contribution in [0.3, 0.4) is 0 Å². The van der Waals surface area contributed by atoms with Crippen LogP contribution < -0.4 is 16.2 Å². The molecule has 0 spiro atoms. The monoisotopic (exact) mass is 412 g/mol. The minimum atomic E-state index is -2.90. The van der Waals surface area contributed by atoms with E-state index in [0.717, 1.165) is 16.7 Å². The summed E-state index contributed by atoms with van der Waals surface area (Å²) in [7, 11) is 0. The van der Waals surface area contributed by atoms with Gasteiger partial charge < -0.3 is 20.9 Å². The van der Waals surface area contributed by atoms with Crippen LogP contribution in [-0.4, -0.2) is 25.5 Å². The molecular formula is C22H22F2N4O2. The predicted octanol–water partition coefficient (Wildman–Crippen LogP) is 3.70. The number of amidine groups is 1. The smallest absolute Gasteiger partial charge is 0.387 e. The van der Waals surface area contributed by atoms with Crippen molar-refractivity contribution in [2.75, 3.05) is 6.61 Å². The lowest BCUT2D eigenvalue weighted by Crippen LogP contribution is -2.27. The molecule has 0 saturated carbocycles. The van der Waals surface area contributed by atoms with Gasteiger partial charge in [0.2, 0.25) is 0 Å². The number of ether oxygens (including phenoxy) is 2. The highest BCUT2D eigenvalue weighted by Crippen LogP contribution is 2.39. The molecule has 2 aromatic carbocycles. The number of halogens is 2. The lowest BCUT2D eigenvalue weighted by atomic mass is 9.82. The van der Waals surface area contributed by atoms with Crippen molar-refractivity contribution in [3.63, 3.8) is 0 Å². The number of aryl methyl sites for hydroxylation is 1. The van der Waals surface area contributed by atoms with Crippen molar-refractivity contribution in [2.45, 2.75) is 19.1 Å². The molecule has 0 radical (unpaired) electrons. The standard InChI is InChI=1S/C22H22F2N4O2/c1-14-10-18(6-7-19(14)30-20(23)24)22(13-29-21(26)28-22)17-5-3-4-16(11-17)15(2)12-27-9-8-25/h3-12,20H,2,13,25H2,1H3,(H2,26,28)/b9-8-,27-12-. The number of aliphatic imine (C=N–C) groups is 2. The van der Waals surface area contributed by atoms with Crippen LogP contribution in [0.25, 0.3) is 5.57 Å². The maximum Gasteiger partial charge on any atom is 0.387 e. The van der Waals surface area contributed by atoms with Crippen LogP contribution in [-0.2, 0) is 10.3 Å². The fourth-order valence-corrected chi connectivity index (χ4v) is 3.26. The number of nitrogens with two attached hydrogens (primary N) is 2. The van der Waals surface area contributed by atoms with Crippen molar-refractivity contribution in [1.82, 2.24) is 0 Å². The molecule has 0 aromatic heterocycles. The molecule has 1 atom stereocenters. The van der Waals surface area contributed by atoms with Crippen LogP contribution in [0.15, 0.2) is 71.4 Å². The van der Waals surface area contributed by atoms with Crippen molar-refractivity contribution < 1.29 is 18.3 Å². The van der Waals surface area contributed by atoms with E-state index in [1.54, 1.807) is 25.3 Å². The van der Waals surface area contributed by atoms with Crippen LogP contribution in [0, 0.1) is 6.92 Å². The van der Waals surface area contributed by atoms with E-state index in [2.05, 4.69) is 21.3 Å². The van der Waals surface area contributed by atoms with Crippen LogP contribution >= 0.6 is 0 Å². The summed E-state index contributed by atoms with van der Waals surface area (Å²) in [4.78, 5) is 8.61. The molecule has 2 aromatic rings. The third-order valence-corrected chi connectivity index (χ3v) is 4.71. The molecule has 0 aliphatic carbocycles. The Hall–Kier alpha value is -3.68. The number of allylic oxidation sites excluding steroid dienone is 1. The lowest BCUT2D eigenvalue weighted by Gasteiger charge is -2.26. The molecule has 30 heavy (non-hydrogen) atoms. The average molecular weight is 412 g/mol. The molecule has 8 heteroatoms. The van der Waals surface area contributed by atoms with Crippen LogP contribution in [0.4, 0.5) is 8.78 Å². The van der Waals surface area contributed by atoms with E-state index in [1.165, 1.54) is 18.5 Å². The predicted molar refractivity (Wildman–Crippen MR) is 113 cm³/mol. The van der Waals surface area contributed by atoms with Crippen molar-refractivity contribution >= 4 is 17.8 Å². The first kappa shape index (κ1) is 21.0. The zero-order valence-corrected chi connectivity index (χ0v) is 16.4. The summed E-state index contributed by atoms with van der Waals surface area (Å²) in [5.41, 5.74) is 13.8. The second-order valence-corrected chi connectivity index (χ2v) is 6.68. The summed E-state index contributed by atoms with van der Waals surface area (Å²) >= 11 is 0. The van der Waals surface area contributed by atoms with Crippen molar-refractivity contribution in [1.29, 1.82) is 0 Å². The molecule has 1 aliphatic heterocycles. The van der Waals surface area contributed by atoms with Crippen LogP contribution in [0.1, 0.15) is 22.3 Å². The Morgan fingerprint density at radius 2 is 2.07 bits per heavy atom. The van der Waals surface area contributed by atoms with Crippen LogP contribution in [0.5, 0.6) is 5.75 Å². The maximum absolute atomic E-state index is 12.6. The fourth-order valence-electron chi connectivity index (χ4n) is 3.26. The molecular weight excluding hydrogens is 390 g/mol. The van der Waals surface area contributed by atoms with E-state index >= 15 is 0 Å². The van der Waals surface area contributed by atoms with Gasteiger partial charge in [-0.1, -0.05) is 30.8 Å². The lowest BCUT2D eigenvalue weighted by molar-refractivity contribution is -0.0503. The van der Waals surface area contributed by atoms with Gasteiger partial charge in [0.15, 0.2) is 5.54 Å². The summed E-state index contributed by atoms with van der Waals surface area (Å²) in [6.07, 6.45) is 4.38. The summed E-state index contributed by atoms with van der Waals surface area (Å²) in [5, 5.41) is 0. The van der Waals surface area contributed by atoms with E-state index in [9.17, 15) is 8.78 Å². The minimum absolute atomic E-state index is 0.0550. The Bertz CT molecular complexity index is 1030. The number of hydrogen-bond donors (Lipinski definition) is 2. The topological polar surface area (TPSA) is 95.2 Å². The first-order valence-corrected chi connectivity index (χ1v) is 9.09. The van der Waals surface area contributed by atoms with Gasteiger partial charge in [0.05, 0.1) is 0 Å². The molecule has 1 aliphatic rings. The van der Waals surface area contributed by atoms with Gasteiger partial charge in [0.1, 0.15) is 12.4 Å². The Balaban J connectivity index is 2.05. The Labute approximate surface area is 173 Å². The Kier molecular flexibility index (Phi) is 6.15. The first-order chi connectivity index (χ1) is 14.4. The Morgan fingerprint density at radius 1 is 1.30 bits per heavy atom. The number of rotatable bonds is 7. The van der Waals surface area contributed by atoms with Gasteiger partial charge in [-0.05, 0) is 52.9 Å². The number of hydrogen-bond acceptors (Lipinski definition) is 6. The number of nitrogens with zero attached hydrogens (tertiary/aromatic N) is 2. The summed E-state index contributed by atoms with van der Waals surface area (Å²) in [5.74, 6) is 0.103. The van der Waals surface area contributed by atoms with Gasteiger partial charge >= 0.3 is 6.61 Å². The van der Waals surface area contributed by atoms with E-state index in [-0.39, 0.29) is 18.4 Å². The molecule has 0 amide bonds. The quantitative estimate of drug-likeness (QED) is 0.678. The number of benzene rings is 2. The molecule has 156 valence electrons. The van der Waals surface area contributed by atoms with Crippen LogP contribution in [0.2, 0.25) is 0 Å². The third-order valence-electron chi connectivity index (χ3n) is 4.71. The summed E-state index contributed by atoms with van der Waals surface area (Å²) in [6.45, 7) is 2.99. The van der Waals surface area contributed by atoms with Gasteiger partial charge in [-0.3, -0.25) is 4.99 Å². The molecule has 4 N–H and O–H groups in total. The molecule has 1 unspecified atom stereocenters. The van der Waals surface area contributed by atoms with Gasteiger partial charge in [0.25, 0.3) is 6.02 Å². The molecule has 0 saturated heterocycles. The molecule has 0 fully saturated rings. The van der Waals surface area contributed by atoms with E-state index in [4.69, 9.17) is 16.2 Å². The highest BCUT2D eigenvalue weighted by atomic mass is 19.3. The van der Waals surface area contributed by atoms with Gasteiger partial charge in [-0.15, -0.1) is 0 Å². The van der Waals surface area contributed by atoms with Crippen molar-refractivity contribution in [3.05, 3.63) is 83.7 Å². The molecule has 6 nitrogen and oxygen atoms in total. The molecule has 1 heterocycles. The second kappa shape index (κ2) is 8.77. The zero-order valence-electron chi connectivity index (χ0n) is 16.4. The van der Waals surface area contributed by atoms with E-state index < -0.39 is 12.2 Å². The van der Waals surface area contributed by atoms with Crippen molar-refractivity contribution in [3.8, 4) is 5.75 Å². The van der Waals surface area contributed by atoms with E-state index in [1.807, 2.05) is 24.3 Å².